The van der Waals surface area contributed by atoms with E-state index in [1.807, 2.05) is 6.92 Å². The highest BCUT2D eigenvalue weighted by atomic mass is 32.2. The van der Waals surface area contributed by atoms with Gasteiger partial charge in [-0.15, -0.1) is 0 Å². The first-order valence-electron chi connectivity index (χ1n) is 7.23. The molecule has 0 atom stereocenters. The molecule has 2 rings (SSSR count). The number of ether oxygens (including phenoxy) is 2. The van der Waals surface area contributed by atoms with Crippen LogP contribution < -0.4 is 14.2 Å². The molecule has 1 N–H and O–H groups in total. The summed E-state index contributed by atoms with van der Waals surface area (Å²) in [5.41, 5.74) is 1.72. The minimum atomic E-state index is -3.81. The molecular weight excluding hydrogens is 330 g/mol. The molecule has 0 amide bonds. The van der Waals surface area contributed by atoms with Gasteiger partial charge in [0.1, 0.15) is 18.0 Å². The van der Waals surface area contributed by atoms with Gasteiger partial charge in [-0.2, -0.15) is 4.72 Å². The molecule has 24 heavy (non-hydrogen) atoms. The maximum atomic E-state index is 12.2. The van der Waals surface area contributed by atoms with Gasteiger partial charge in [0.2, 0.25) is 10.0 Å². The number of hydrogen-bond acceptors (Lipinski definition) is 5. The molecule has 0 bridgehead atoms. The first-order chi connectivity index (χ1) is 11.3. The van der Waals surface area contributed by atoms with Gasteiger partial charge in [-0.3, -0.25) is 4.79 Å². The molecule has 0 aliphatic carbocycles. The van der Waals surface area contributed by atoms with Crippen molar-refractivity contribution < 1.29 is 22.7 Å². The molecule has 128 valence electrons. The van der Waals surface area contributed by atoms with E-state index in [1.54, 1.807) is 37.3 Å². The third-order valence-electron chi connectivity index (χ3n) is 3.34. The lowest BCUT2D eigenvalue weighted by Crippen LogP contribution is -2.32. The van der Waals surface area contributed by atoms with Crippen LogP contribution in [-0.2, 0) is 14.8 Å². The Bertz CT molecular complexity index is 829. The molecule has 7 heteroatoms. The highest BCUT2D eigenvalue weighted by Crippen LogP contribution is 2.21. The van der Waals surface area contributed by atoms with Crippen LogP contribution in [0.1, 0.15) is 11.1 Å². The molecule has 0 fully saturated rings. The maximum Gasteiger partial charge on any atom is 0.326 e. The molecule has 0 aliphatic rings. The average Bonchev–Trinajstić information content (AvgIpc) is 2.55. The van der Waals surface area contributed by atoms with Gasteiger partial charge >= 0.3 is 5.97 Å². The van der Waals surface area contributed by atoms with Crippen LogP contribution >= 0.6 is 0 Å². The summed E-state index contributed by atoms with van der Waals surface area (Å²) in [6, 6.07) is 11.4. The zero-order valence-corrected chi connectivity index (χ0v) is 14.5. The van der Waals surface area contributed by atoms with Gasteiger partial charge < -0.3 is 9.47 Å². The van der Waals surface area contributed by atoms with E-state index >= 15 is 0 Å². The Labute approximate surface area is 141 Å². The number of sulfonamides is 1. The Morgan fingerprint density at radius 1 is 1.08 bits per heavy atom. The van der Waals surface area contributed by atoms with Gasteiger partial charge in [-0.1, -0.05) is 17.7 Å². The molecule has 6 nitrogen and oxygen atoms in total. The molecule has 0 aliphatic heterocycles. The Kier molecular flexibility index (Phi) is 5.58. The summed E-state index contributed by atoms with van der Waals surface area (Å²) in [4.78, 5) is 11.8. The van der Waals surface area contributed by atoms with Crippen LogP contribution in [0.3, 0.4) is 0 Å². The standard InChI is InChI=1S/C17H19NO5S/c1-12-4-6-14(7-5-12)23-17(19)11-18-24(20,21)15-8-9-16(22-3)13(2)10-15/h4-10,18H,11H2,1-3H3. The van der Waals surface area contributed by atoms with Crippen molar-refractivity contribution in [3.63, 3.8) is 0 Å². The second-order valence-corrected chi connectivity index (χ2v) is 7.01. The van der Waals surface area contributed by atoms with Crippen LogP contribution in [0.5, 0.6) is 11.5 Å². The molecule has 0 unspecified atom stereocenters. The highest BCUT2D eigenvalue weighted by molar-refractivity contribution is 7.89. The van der Waals surface area contributed by atoms with Crippen LogP contribution in [0.15, 0.2) is 47.4 Å². The number of aryl methyl sites for hydroxylation is 2. The van der Waals surface area contributed by atoms with E-state index in [9.17, 15) is 13.2 Å². The summed E-state index contributed by atoms with van der Waals surface area (Å²) in [7, 11) is -2.30. The number of esters is 1. The maximum absolute atomic E-state index is 12.2. The Morgan fingerprint density at radius 3 is 2.33 bits per heavy atom. The summed E-state index contributed by atoms with van der Waals surface area (Å²) < 4.78 is 36.9. The van der Waals surface area contributed by atoms with Crippen molar-refractivity contribution in [2.24, 2.45) is 0 Å². The minimum Gasteiger partial charge on any atom is -0.496 e. The predicted octanol–water partition coefficient (Wildman–Crippen LogP) is 2.20. The molecule has 0 aromatic heterocycles. The van der Waals surface area contributed by atoms with Crippen LogP contribution in [0.25, 0.3) is 0 Å². The van der Waals surface area contributed by atoms with E-state index in [0.717, 1.165) is 5.56 Å². The van der Waals surface area contributed by atoms with Crippen molar-refractivity contribution in [1.82, 2.24) is 4.72 Å². The molecule has 0 saturated heterocycles. The lowest BCUT2D eigenvalue weighted by molar-refractivity contribution is -0.133. The first-order valence-corrected chi connectivity index (χ1v) is 8.72. The first kappa shape index (κ1) is 18.0. The van der Waals surface area contributed by atoms with Crippen molar-refractivity contribution in [1.29, 1.82) is 0 Å². The third kappa shape index (κ3) is 4.56. The van der Waals surface area contributed by atoms with Gasteiger partial charge in [-0.05, 0) is 49.7 Å². The summed E-state index contributed by atoms with van der Waals surface area (Å²) in [5, 5.41) is 0. The van der Waals surface area contributed by atoms with E-state index < -0.39 is 22.5 Å². The predicted molar refractivity (Wildman–Crippen MR) is 89.7 cm³/mol. The lowest BCUT2D eigenvalue weighted by Gasteiger charge is -2.10. The smallest absolute Gasteiger partial charge is 0.326 e. The summed E-state index contributed by atoms with van der Waals surface area (Å²) in [6.07, 6.45) is 0. The summed E-state index contributed by atoms with van der Waals surface area (Å²) in [5.74, 6) is 0.269. The van der Waals surface area contributed by atoms with E-state index in [2.05, 4.69) is 4.72 Å². The van der Waals surface area contributed by atoms with E-state index in [-0.39, 0.29) is 4.90 Å². The van der Waals surface area contributed by atoms with Crippen molar-refractivity contribution in [2.75, 3.05) is 13.7 Å². The zero-order valence-electron chi connectivity index (χ0n) is 13.7. The van der Waals surface area contributed by atoms with Gasteiger partial charge in [0, 0.05) is 0 Å². The molecular formula is C17H19NO5S. The van der Waals surface area contributed by atoms with Crippen LogP contribution in [0.2, 0.25) is 0 Å². The fourth-order valence-corrected chi connectivity index (χ4v) is 3.08. The molecule has 0 heterocycles. The molecule has 2 aromatic carbocycles. The highest BCUT2D eigenvalue weighted by Gasteiger charge is 2.17. The SMILES string of the molecule is COc1ccc(S(=O)(=O)NCC(=O)Oc2ccc(C)cc2)cc1C. The monoisotopic (exact) mass is 349 g/mol. The van der Waals surface area contributed by atoms with Gasteiger partial charge in [0.05, 0.1) is 12.0 Å². The summed E-state index contributed by atoms with van der Waals surface area (Å²) in [6.45, 7) is 3.20. The zero-order chi connectivity index (χ0) is 17.7. The van der Waals surface area contributed by atoms with E-state index in [4.69, 9.17) is 9.47 Å². The second-order valence-electron chi connectivity index (χ2n) is 5.24. The normalized spacial score (nSPS) is 11.1. The minimum absolute atomic E-state index is 0.0592. The van der Waals surface area contributed by atoms with Crippen LogP contribution in [0.4, 0.5) is 0 Å². The quantitative estimate of drug-likeness (QED) is 0.639. The third-order valence-corrected chi connectivity index (χ3v) is 4.73. The van der Waals surface area contributed by atoms with E-state index in [0.29, 0.717) is 17.1 Å². The van der Waals surface area contributed by atoms with Crippen LogP contribution in [-0.4, -0.2) is 28.0 Å². The van der Waals surface area contributed by atoms with E-state index in [1.165, 1.54) is 19.2 Å². The summed E-state index contributed by atoms with van der Waals surface area (Å²) >= 11 is 0. The number of benzene rings is 2. The Hall–Kier alpha value is -2.38. The Balaban J connectivity index is 2.00. The van der Waals surface area contributed by atoms with Crippen molar-refractivity contribution in [2.45, 2.75) is 18.7 Å². The molecule has 0 spiro atoms. The van der Waals surface area contributed by atoms with Gasteiger partial charge in [0.15, 0.2) is 0 Å². The fourth-order valence-electron chi connectivity index (χ4n) is 2.03. The topological polar surface area (TPSA) is 81.7 Å². The van der Waals surface area contributed by atoms with Gasteiger partial charge in [-0.25, -0.2) is 8.42 Å². The van der Waals surface area contributed by atoms with Crippen molar-refractivity contribution in [3.8, 4) is 11.5 Å². The van der Waals surface area contributed by atoms with Crippen molar-refractivity contribution >= 4 is 16.0 Å². The second kappa shape index (κ2) is 7.46. The molecule has 2 aromatic rings. The number of carbonyl (C=O) groups is 1. The molecule has 0 saturated carbocycles. The van der Waals surface area contributed by atoms with Crippen molar-refractivity contribution in [3.05, 3.63) is 53.6 Å². The molecule has 0 radical (unpaired) electrons. The fraction of sp³-hybridized carbons (Fsp3) is 0.235. The lowest BCUT2D eigenvalue weighted by atomic mass is 10.2. The number of hydrogen-bond donors (Lipinski definition) is 1. The number of rotatable bonds is 6. The average molecular weight is 349 g/mol. The Morgan fingerprint density at radius 2 is 1.75 bits per heavy atom. The number of methoxy groups -OCH3 is 1. The number of nitrogens with one attached hydrogen (secondary N) is 1. The van der Waals surface area contributed by atoms with Crippen LogP contribution in [0, 0.1) is 13.8 Å². The number of carbonyl (C=O) groups excluding carboxylic acids is 1. The largest absolute Gasteiger partial charge is 0.496 e. The van der Waals surface area contributed by atoms with Gasteiger partial charge in [0.25, 0.3) is 0 Å².